The number of aryl methyl sites for hydroxylation is 1. The van der Waals surface area contributed by atoms with Crippen LogP contribution in [0.15, 0.2) is 36.5 Å². The first-order valence-corrected chi connectivity index (χ1v) is 9.90. The lowest BCUT2D eigenvalue weighted by Crippen LogP contribution is -2.46. The fourth-order valence-electron chi connectivity index (χ4n) is 3.47. The van der Waals surface area contributed by atoms with E-state index in [-0.39, 0.29) is 5.91 Å². The van der Waals surface area contributed by atoms with Crippen LogP contribution in [0, 0.1) is 13.8 Å². The van der Waals surface area contributed by atoms with Crippen LogP contribution < -0.4 is 15.1 Å². The van der Waals surface area contributed by atoms with Gasteiger partial charge in [0, 0.05) is 38.3 Å². The summed E-state index contributed by atoms with van der Waals surface area (Å²) in [5.41, 5.74) is 5.17. The minimum Gasteiger partial charge on any atom is -0.368 e. The number of aromatic nitrogens is 1. The van der Waals surface area contributed by atoms with E-state index in [2.05, 4.69) is 65.1 Å². The maximum atomic E-state index is 11.8. The predicted octanol–water partition coefficient (Wildman–Crippen LogP) is 4.15. The Morgan fingerprint density at radius 1 is 1.07 bits per heavy atom. The molecule has 1 aliphatic heterocycles. The lowest BCUT2D eigenvalue weighted by atomic mass is 10.1. The molecule has 1 fully saturated rings. The zero-order valence-corrected chi connectivity index (χ0v) is 16.7. The molecule has 0 bridgehead atoms. The lowest BCUT2D eigenvalue weighted by Gasteiger charge is -2.38. The molecule has 144 valence electrons. The van der Waals surface area contributed by atoms with Gasteiger partial charge in [0.05, 0.1) is 11.9 Å². The van der Waals surface area contributed by atoms with Crippen molar-refractivity contribution in [3.8, 4) is 0 Å². The second kappa shape index (κ2) is 8.89. The Hall–Kier alpha value is -2.56. The molecule has 3 rings (SSSR count). The molecule has 0 aliphatic carbocycles. The summed E-state index contributed by atoms with van der Waals surface area (Å²) in [5.74, 6) is 0.674. The van der Waals surface area contributed by atoms with Crippen molar-refractivity contribution < 1.29 is 4.79 Å². The quantitative estimate of drug-likeness (QED) is 0.834. The summed E-state index contributed by atoms with van der Waals surface area (Å²) in [4.78, 5) is 21.1. The normalized spacial score (nSPS) is 14.3. The first-order chi connectivity index (χ1) is 13.1. The van der Waals surface area contributed by atoms with Gasteiger partial charge in [-0.05, 0) is 49.6 Å². The Morgan fingerprint density at radius 3 is 2.48 bits per heavy atom. The number of rotatable bonds is 6. The highest BCUT2D eigenvalue weighted by Crippen LogP contribution is 2.25. The van der Waals surface area contributed by atoms with Crippen LogP contribution in [0.25, 0.3) is 0 Å². The van der Waals surface area contributed by atoms with Crippen molar-refractivity contribution in [3.63, 3.8) is 0 Å². The smallest absolute Gasteiger partial charge is 0.225 e. The zero-order chi connectivity index (χ0) is 19.2. The van der Waals surface area contributed by atoms with Gasteiger partial charge in [-0.15, -0.1) is 0 Å². The molecule has 1 aromatic carbocycles. The number of nitrogens with one attached hydrogen (secondary N) is 1. The predicted molar refractivity (Wildman–Crippen MR) is 113 cm³/mol. The lowest BCUT2D eigenvalue weighted by molar-refractivity contribution is -0.116. The SMILES string of the molecule is CCCCC(=O)Nc1ccc(N2CCN(c3cccc(C)c3C)CC2)cn1. The third-order valence-electron chi connectivity index (χ3n) is 5.33. The van der Waals surface area contributed by atoms with Crippen molar-refractivity contribution in [2.24, 2.45) is 0 Å². The third-order valence-corrected chi connectivity index (χ3v) is 5.33. The van der Waals surface area contributed by atoms with E-state index in [0.29, 0.717) is 12.2 Å². The summed E-state index contributed by atoms with van der Waals surface area (Å²) in [6, 6.07) is 10.5. The van der Waals surface area contributed by atoms with E-state index >= 15 is 0 Å². The number of amides is 1. The fourth-order valence-corrected chi connectivity index (χ4v) is 3.47. The second-order valence-corrected chi connectivity index (χ2v) is 7.25. The highest BCUT2D eigenvalue weighted by Gasteiger charge is 2.19. The van der Waals surface area contributed by atoms with Gasteiger partial charge in [0.15, 0.2) is 0 Å². The van der Waals surface area contributed by atoms with Crippen molar-refractivity contribution in [1.29, 1.82) is 0 Å². The Bertz CT molecular complexity index is 764. The molecule has 5 nitrogen and oxygen atoms in total. The number of pyridine rings is 1. The number of benzene rings is 1. The largest absolute Gasteiger partial charge is 0.368 e. The molecule has 27 heavy (non-hydrogen) atoms. The number of hydrogen-bond donors (Lipinski definition) is 1. The molecule has 5 heteroatoms. The summed E-state index contributed by atoms with van der Waals surface area (Å²) in [6.45, 7) is 10.4. The van der Waals surface area contributed by atoms with Gasteiger partial charge in [-0.25, -0.2) is 4.98 Å². The minimum absolute atomic E-state index is 0.0410. The van der Waals surface area contributed by atoms with Gasteiger partial charge in [0.2, 0.25) is 5.91 Å². The van der Waals surface area contributed by atoms with E-state index in [9.17, 15) is 4.79 Å². The van der Waals surface area contributed by atoms with Gasteiger partial charge in [-0.3, -0.25) is 4.79 Å². The van der Waals surface area contributed by atoms with Crippen LogP contribution in [0.5, 0.6) is 0 Å². The molecular formula is C22H30N4O. The average Bonchev–Trinajstić information content (AvgIpc) is 2.69. The Balaban J connectivity index is 1.56. The Labute approximate surface area is 162 Å². The van der Waals surface area contributed by atoms with Crippen molar-refractivity contribution in [2.45, 2.75) is 40.0 Å². The first kappa shape index (κ1) is 19.2. The van der Waals surface area contributed by atoms with E-state index in [1.54, 1.807) is 0 Å². The maximum Gasteiger partial charge on any atom is 0.225 e. The molecule has 0 saturated carbocycles. The maximum absolute atomic E-state index is 11.8. The van der Waals surface area contributed by atoms with Crippen molar-refractivity contribution in [2.75, 3.05) is 41.3 Å². The molecule has 0 atom stereocenters. The molecule has 2 heterocycles. The Morgan fingerprint density at radius 2 is 1.81 bits per heavy atom. The van der Waals surface area contributed by atoms with Crippen molar-refractivity contribution in [1.82, 2.24) is 4.98 Å². The van der Waals surface area contributed by atoms with Crippen molar-refractivity contribution in [3.05, 3.63) is 47.7 Å². The van der Waals surface area contributed by atoms with Crippen LogP contribution in [-0.2, 0) is 4.79 Å². The zero-order valence-electron chi connectivity index (χ0n) is 16.7. The molecule has 1 saturated heterocycles. The molecule has 1 aliphatic rings. The summed E-state index contributed by atoms with van der Waals surface area (Å²) in [7, 11) is 0. The monoisotopic (exact) mass is 366 g/mol. The van der Waals surface area contributed by atoms with Gasteiger partial charge >= 0.3 is 0 Å². The number of piperazine rings is 1. The van der Waals surface area contributed by atoms with Gasteiger partial charge in [-0.1, -0.05) is 25.5 Å². The van der Waals surface area contributed by atoms with Gasteiger partial charge in [0.25, 0.3) is 0 Å². The highest BCUT2D eigenvalue weighted by molar-refractivity contribution is 5.89. The van der Waals surface area contributed by atoms with Crippen LogP contribution in [0.3, 0.4) is 0 Å². The average molecular weight is 367 g/mol. The summed E-state index contributed by atoms with van der Waals surface area (Å²) in [5, 5.41) is 2.87. The molecule has 1 amide bonds. The molecule has 2 aromatic rings. The van der Waals surface area contributed by atoms with Gasteiger partial charge < -0.3 is 15.1 Å². The minimum atomic E-state index is 0.0410. The third kappa shape index (κ3) is 4.79. The molecular weight excluding hydrogens is 336 g/mol. The summed E-state index contributed by atoms with van der Waals surface area (Å²) < 4.78 is 0. The fraction of sp³-hybridized carbons (Fsp3) is 0.455. The summed E-state index contributed by atoms with van der Waals surface area (Å²) >= 11 is 0. The highest BCUT2D eigenvalue weighted by atomic mass is 16.1. The Kier molecular flexibility index (Phi) is 6.32. The van der Waals surface area contributed by atoms with Crippen LogP contribution in [-0.4, -0.2) is 37.1 Å². The van der Waals surface area contributed by atoms with Gasteiger partial charge in [-0.2, -0.15) is 0 Å². The van der Waals surface area contributed by atoms with Crippen LogP contribution in [0.1, 0.15) is 37.3 Å². The molecule has 0 spiro atoms. The van der Waals surface area contributed by atoms with E-state index in [1.165, 1.54) is 16.8 Å². The number of nitrogens with zero attached hydrogens (tertiary/aromatic N) is 3. The topological polar surface area (TPSA) is 48.5 Å². The van der Waals surface area contributed by atoms with Crippen LogP contribution >= 0.6 is 0 Å². The van der Waals surface area contributed by atoms with Crippen LogP contribution in [0.4, 0.5) is 17.2 Å². The first-order valence-electron chi connectivity index (χ1n) is 9.90. The van der Waals surface area contributed by atoms with Gasteiger partial charge in [0.1, 0.15) is 5.82 Å². The van der Waals surface area contributed by atoms with E-state index in [1.807, 2.05) is 12.3 Å². The number of hydrogen-bond acceptors (Lipinski definition) is 4. The van der Waals surface area contributed by atoms with E-state index < -0.39 is 0 Å². The molecule has 0 unspecified atom stereocenters. The molecule has 0 radical (unpaired) electrons. The number of unbranched alkanes of at least 4 members (excludes halogenated alkanes) is 1. The summed E-state index contributed by atoms with van der Waals surface area (Å²) in [6.07, 6.45) is 4.35. The number of anilines is 3. The standard InChI is InChI=1S/C22H30N4O/c1-4-5-9-22(27)24-21-11-10-19(16-23-21)25-12-14-26(15-13-25)20-8-6-7-17(2)18(20)3/h6-8,10-11,16H,4-5,9,12-15H2,1-3H3,(H,23,24,27). The van der Waals surface area contributed by atoms with E-state index in [4.69, 9.17) is 0 Å². The van der Waals surface area contributed by atoms with E-state index in [0.717, 1.165) is 44.7 Å². The molecule has 1 N–H and O–H groups in total. The number of carbonyl (C=O) groups is 1. The second-order valence-electron chi connectivity index (χ2n) is 7.25. The molecule has 1 aromatic heterocycles. The van der Waals surface area contributed by atoms with Crippen LogP contribution in [0.2, 0.25) is 0 Å². The number of carbonyl (C=O) groups excluding carboxylic acids is 1. The van der Waals surface area contributed by atoms with Crippen molar-refractivity contribution >= 4 is 23.1 Å².